The van der Waals surface area contributed by atoms with Crippen molar-refractivity contribution in [2.45, 2.75) is 25.3 Å². The van der Waals surface area contributed by atoms with Crippen LogP contribution in [0.25, 0.3) is 0 Å². The first-order chi connectivity index (χ1) is 8.66. The molecule has 0 aromatic heterocycles. The highest BCUT2D eigenvalue weighted by Crippen LogP contribution is 2.13. The second kappa shape index (κ2) is 6.34. The van der Waals surface area contributed by atoms with Gasteiger partial charge in [0, 0.05) is 30.5 Å². The number of likely N-dealkylation sites (N-methyl/N-ethyl adjacent to an activating group) is 1. The fraction of sp³-hybridized carbons (Fsp3) is 0.500. The topological polar surface area (TPSA) is 32.3 Å². The molecule has 1 fully saturated rings. The van der Waals surface area contributed by atoms with Crippen molar-refractivity contribution >= 4 is 21.8 Å². The minimum absolute atomic E-state index is 0.242. The molecule has 1 aliphatic rings. The van der Waals surface area contributed by atoms with Gasteiger partial charge in [-0.2, -0.15) is 0 Å². The molecule has 0 saturated carbocycles. The third kappa shape index (κ3) is 3.56. The van der Waals surface area contributed by atoms with Crippen LogP contribution in [0.4, 0.5) is 0 Å². The first-order valence-corrected chi connectivity index (χ1v) is 7.17. The van der Waals surface area contributed by atoms with Crippen LogP contribution >= 0.6 is 15.9 Å². The van der Waals surface area contributed by atoms with Crippen molar-refractivity contribution in [3.8, 4) is 0 Å². The molecule has 3 nitrogen and oxygen atoms in total. The number of carbonyl (C=O) groups is 1. The van der Waals surface area contributed by atoms with E-state index in [1.54, 1.807) is 0 Å². The van der Waals surface area contributed by atoms with Gasteiger partial charge in [-0.25, -0.2) is 0 Å². The molecule has 1 unspecified atom stereocenters. The maximum atomic E-state index is 12.1. The molecular formula is C14H19BrN2O. The van der Waals surface area contributed by atoms with Gasteiger partial charge in [-0.15, -0.1) is 0 Å². The van der Waals surface area contributed by atoms with Crippen LogP contribution in [0.5, 0.6) is 0 Å². The third-order valence-electron chi connectivity index (χ3n) is 3.52. The molecule has 98 valence electrons. The predicted molar refractivity (Wildman–Crippen MR) is 76.5 cm³/mol. The molecule has 1 N–H and O–H groups in total. The summed E-state index contributed by atoms with van der Waals surface area (Å²) in [6.07, 6.45) is 2.48. The average Bonchev–Trinajstić information content (AvgIpc) is 2.90. The standard InChI is InChI=1S/C14H19BrN2O/c1-17(13-8-9-16-10-13)14(18)7-4-11-2-5-12(15)6-3-11/h2-3,5-6,13,16H,4,7-10H2,1H3. The molecule has 0 radical (unpaired) electrons. The van der Waals surface area contributed by atoms with Crippen LogP contribution in [-0.2, 0) is 11.2 Å². The Balaban J connectivity index is 1.82. The number of nitrogens with zero attached hydrogens (tertiary/aromatic N) is 1. The Kier molecular flexibility index (Phi) is 4.78. The first kappa shape index (κ1) is 13.6. The zero-order valence-corrected chi connectivity index (χ0v) is 12.2. The monoisotopic (exact) mass is 310 g/mol. The number of carbonyl (C=O) groups excluding carboxylic acids is 1. The number of nitrogens with one attached hydrogen (secondary N) is 1. The zero-order valence-electron chi connectivity index (χ0n) is 10.7. The Morgan fingerprint density at radius 3 is 2.78 bits per heavy atom. The highest BCUT2D eigenvalue weighted by molar-refractivity contribution is 9.10. The predicted octanol–water partition coefficient (Wildman–Crippen LogP) is 2.20. The highest BCUT2D eigenvalue weighted by Gasteiger charge is 2.22. The third-order valence-corrected chi connectivity index (χ3v) is 4.04. The summed E-state index contributed by atoms with van der Waals surface area (Å²) in [6.45, 7) is 1.95. The van der Waals surface area contributed by atoms with Crippen molar-refractivity contribution < 1.29 is 4.79 Å². The van der Waals surface area contributed by atoms with E-state index in [9.17, 15) is 4.79 Å². The Morgan fingerprint density at radius 2 is 2.17 bits per heavy atom. The van der Waals surface area contributed by atoms with Crippen molar-refractivity contribution in [2.24, 2.45) is 0 Å². The summed E-state index contributed by atoms with van der Waals surface area (Å²) in [4.78, 5) is 14.0. The maximum Gasteiger partial charge on any atom is 0.222 e. The van der Waals surface area contributed by atoms with E-state index in [4.69, 9.17) is 0 Å². The van der Waals surface area contributed by atoms with E-state index in [0.29, 0.717) is 12.5 Å². The highest BCUT2D eigenvalue weighted by atomic mass is 79.9. The van der Waals surface area contributed by atoms with Gasteiger partial charge in [-0.1, -0.05) is 28.1 Å². The Labute approximate surface area is 117 Å². The summed E-state index contributed by atoms with van der Waals surface area (Å²) in [6, 6.07) is 8.54. The molecule has 1 aromatic carbocycles. The van der Waals surface area contributed by atoms with Crippen molar-refractivity contribution in [3.05, 3.63) is 34.3 Å². The van der Waals surface area contributed by atoms with Gasteiger partial charge in [0.15, 0.2) is 0 Å². The molecule has 4 heteroatoms. The Morgan fingerprint density at radius 1 is 1.44 bits per heavy atom. The number of hydrogen-bond acceptors (Lipinski definition) is 2. The average molecular weight is 311 g/mol. The lowest BCUT2D eigenvalue weighted by Crippen LogP contribution is -2.38. The van der Waals surface area contributed by atoms with Gasteiger partial charge in [-0.05, 0) is 37.1 Å². The van der Waals surface area contributed by atoms with Crippen molar-refractivity contribution in [1.82, 2.24) is 10.2 Å². The molecule has 1 aromatic rings. The summed E-state index contributed by atoms with van der Waals surface area (Å²) in [5.41, 5.74) is 1.21. The normalized spacial score (nSPS) is 18.9. The summed E-state index contributed by atoms with van der Waals surface area (Å²) >= 11 is 3.41. The Bertz CT molecular complexity index is 399. The van der Waals surface area contributed by atoms with Gasteiger partial charge in [0.05, 0.1) is 0 Å². The van der Waals surface area contributed by atoms with Crippen LogP contribution in [0, 0.1) is 0 Å². The summed E-state index contributed by atoms with van der Waals surface area (Å²) in [5.74, 6) is 0.242. The maximum absolute atomic E-state index is 12.1. The van der Waals surface area contributed by atoms with Gasteiger partial charge in [0.25, 0.3) is 0 Å². The van der Waals surface area contributed by atoms with E-state index in [-0.39, 0.29) is 5.91 Å². The lowest BCUT2D eigenvalue weighted by molar-refractivity contribution is -0.131. The number of halogens is 1. The van der Waals surface area contributed by atoms with Gasteiger partial charge >= 0.3 is 0 Å². The van der Waals surface area contributed by atoms with E-state index in [2.05, 4.69) is 33.4 Å². The number of hydrogen-bond donors (Lipinski definition) is 1. The minimum atomic E-state index is 0.242. The first-order valence-electron chi connectivity index (χ1n) is 6.37. The Hall–Kier alpha value is -0.870. The molecule has 0 spiro atoms. The second-order valence-corrected chi connectivity index (χ2v) is 5.69. The number of benzene rings is 1. The molecule has 0 aliphatic carbocycles. The smallest absolute Gasteiger partial charge is 0.222 e. The van der Waals surface area contributed by atoms with Crippen LogP contribution in [-0.4, -0.2) is 37.0 Å². The fourth-order valence-corrected chi connectivity index (χ4v) is 2.52. The molecule has 0 bridgehead atoms. The van der Waals surface area contributed by atoms with Crippen LogP contribution in [0.15, 0.2) is 28.7 Å². The van der Waals surface area contributed by atoms with Crippen LogP contribution in [0.3, 0.4) is 0 Å². The molecule has 1 amide bonds. The van der Waals surface area contributed by atoms with Crippen molar-refractivity contribution in [1.29, 1.82) is 0 Å². The van der Waals surface area contributed by atoms with E-state index in [1.165, 1.54) is 5.56 Å². The lowest BCUT2D eigenvalue weighted by atomic mass is 10.1. The molecule has 1 aliphatic heterocycles. The summed E-state index contributed by atoms with van der Waals surface area (Å²) in [7, 11) is 1.92. The van der Waals surface area contributed by atoms with E-state index < -0.39 is 0 Å². The fourth-order valence-electron chi connectivity index (χ4n) is 2.25. The molecular weight excluding hydrogens is 292 g/mol. The summed E-state index contributed by atoms with van der Waals surface area (Å²) < 4.78 is 1.08. The molecule has 1 atom stereocenters. The minimum Gasteiger partial charge on any atom is -0.341 e. The van der Waals surface area contributed by atoms with Gasteiger partial charge in [0.2, 0.25) is 5.91 Å². The largest absolute Gasteiger partial charge is 0.341 e. The van der Waals surface area contributed by atoms with E-state index >= 15 is 0 Å². The van der Waals surface area contributed by atoms with Gasteiger partial charge < -0.3 is 10.2 Å². The van der Waals surface area contributed by atoms with E-state index in [0.717, 1.165) is 30.4 Å². The molecule has 1 saturated heterocycles. The summed E-state index contributed by atoms with van der Waals surface area (Å²) in [5, 5.41) is 3.29. The van der Waals surface area contributed by atoms with Gasteiger partial charge in [0.1, 0.15) is 0 Å². The molecule has 1 heterocycles. The molecule has 2 rings (SSSR count). The SMILES string of the molecule is CN(C(=O)CCc1ccc(Br)cc1)C1CCNC1. The zero-order chi connectivity index (χ0) is 13.0. The lowest BCUT2D eigenvalue weighted by Gasteiger charge is -2.23. The van der Waals surface area contributed by atoms with Crippen LogP contribution < -0.4 is 5.32 Å². The van der Waals surface area contributed by atoms with Gasteiger partial charge in [-0.3, -0.25) is 4.79 Å². The van der Waals surface area contributed by atoms with Crippen molar-refractivity contribution in [2.75, 3.05) is 20.1 Å². The molecule has 18 heavy (non-hydrogen) atoms. The second-order valence-electron chi connectivity index (χ2n) is 4.78. The van der Waals surface area contributed by atoms with E-state index in [1.807, 2.05) is 24.1 Å². The quantitative estimate of drug-likeness (QED) is 0.924. The van der Waals surface area contributed by atoms with Crippen LogP contribution in [0.2, 0.25) is 0 Å². The van der Waals surface area contributed by atoms with Crippen LogP contribution in [0.1, 0.15) is 18.4 Å². The number of amides is 1. The van der Waals surface area contributed by atoms with Crippen molar-refractivity contribution in [3.63, 3.8) is 0 Å². The number of rotatable bonds is 4. The number of aryl methyl sites for hydroxylation is 1.